The standard InChI is InChI=1S/C18H14O/c1-19-17-8-4-7-14-10-15-9-12-5-2-3-6-13(12)11-16(15)18(14)17/h2-9,11H,10H2,1H3. The van der Waals surface area contributed by atoms with E-state index in [9.17, 15) is 0 Å². The van der Waals surface area contributed by atoms with Gasteiger partial charge in [0.15, 0.2) is 0 Å². The Bertz CT molecular complexity index is 787. The molecule has 0 atom stereocenters. The molecule has 0 amide bonds. The number of benzene rings is 3. The molecule has 1 nitrogen and oxygen atoms in total. The van der Waals surface area contributed by atoms with E-state index in [1.165, 1.54) is 33.0 Å². The fourth-order valence-electron chi connectivity index (χ4n) is 3.07. The summed E-state index contributed by atoms with van der Waals surface area (Å²) in [5.41, 5.74) is 5.36. The van der Waals surface area contributed by atoms with Gasteiger partial charge in [-0.3, -0.25) is 0 Å². The quantitative estimate of drug-likeness (QED) is 0.483. The minimum absolute atomic E-state index is 0.978. The van der Waals surface area contributed by atoms with Gasteiger partial charge in [0.25, 0.3) is 0 Å². The van der Waals surface area contributed by atoms with Crippen molar-refractivity contribution in [3.8, 4) is 16.9 Å². The molecule has 0 spiro atoms. The third-order valence-electron chi connectivity index (χ3n) is 3.95. The van der Waals surface area contributed by atoms with Gasteiger partial charge in [-0.1, -0.05) is 42.5 Å². The first kappa shape index (κ1) is 10.6. The van der Waals surface area contributed by atoms with Crippen LogP contribution in [-0.4, -0.2) is 7.11 Å². The summed E-state index contributed by atoms with van der Waals surface area (Å²) in [6.07, 6.45) is 1.01. The van der Waals surface area contributed by atoms with Crippen molar-refractivity contribution in [3.05, 3.63) is 65.7 Å². The highest BCUT2D eigenvalue weighted by atomic mass is 16.5. The zero-order valence-electron chi connectivity index (χ0n) is 10.8. The molecule has 19 heavy (non-hydrogen) atoms. The summed E-state index contributed by atoms with van der Waals surface area (Å²) in [5.74, 6) is 0.978. The predicted octanol–water partition coefficient (Wildman–Crippen LogP) is 4.42. The van der Waals surface area contributed by atoms with E-state index in [-0.39, 0.29) is 0 Å². The second-order valence-corrected chi connectivity index (χ2v) is 5.03. The summed E-state index contributed by atoms with van der Waals surface area (Å²) in [6, 6.07) is 19.4. The molecule has 0 fully saturated rings. The Kier molecular flexibility index (Phi) is 2.16. The van der Waals surface area contributed by atoms with Crippen LogP contribution in [0.1, 0.15) is 11.1 Å². The van der Waals surface area contributed by atoms with Gasteiger partial charge in [0, 0.05) is 5.56 Å². The molecule has 0 heterocycles. The lowest BCUT2D eigenvalue weighted by molar-refractivity contribution is 0.416. The van der Waals surface area contributed by atoms with E-state index in [0.717, 1.165) is 12.2 Å². The monoisotopic (exact) mass is 246 g/mol. The Morgan fingerprint density at radius 1 is 0.842 bits per heavy atom. The SMILES string of the molecule is COc1cccc2c1-c1cc3ccccc3cc1C2. The van der Waals surface area contributed by atoms with E-state index in [1.54, 1.807) is 7.11 Å². The smallest absolute Gasteiger partial charge is 0.126 e. The molecule has 4 rings (SSSR count). The van der Waals surface area contributed by atoms with Crippen LogP contribution in [0.2, 0.25) is 0 Å². The summed E-state index contributed by atoms with van der Waals surface area (Å²) < 4.78 is 5.53. The first-order valence-electron chi connectivity index (χ1n) is 6.55. The summed E-state index contributed by atoms with van der Waals surface area (Å²) >= 11 is 0. The third kappa shape index (κ3) is 1.48. The highest BCUT2D eigenvalue weighted by molar-refractivity contribution is 5.93. The van der Waals surface area contributed by atoms with Gasteiger partial charge < -0.3 is 4.74 Å². The zero-order valence-corrected chi connectivity index (χ0v) is 10.8. The summed E-state index contributed by atoms with van der Waals surface area (Å²) in [4.78, 5) is 0. The highest BCUT2D eigenvalue weighted by Crippen LogP contribution is 2.43. The minimum Gasteiger partial charge on any atom is -0.496 e. The van der Waals surface area contributed by atoms with Crippen LogP contribution in [0, 0.1) is 0 Å². The van der Waals surface area contributed by atoms with E-state index in [2.05, 4.69) is 48.5 Å². The van der Waals surface area contributed by atoms with Gasteiger partial charge in [0.2, 0.25) is 0 Å². The van der Waals surface area contributed by atoms with Gasteiger partial charge in [0.1, 0.15) is 5.75 Å². The van der Waals surface area contributed by atoms with Gasteiger partial charge in [-0.2, -0.15) is 0 Å². The normalized spacial score (nSPS) is 12.3. The molecule has 0 unspecified atom stereocenters. The topological polar surface area (TPSA) is 9.23 Å². The third-order valence-corrected chi connectivity index (χ3v) is 3.95. The Morgan fingerprint density at radius 3 is 2.42 bits per heavy atom. The van der Waals surface area contributed by atoms with E-state index in [1.807, 2.05) is 6.07 Å². The zero-order chi connectivity index (χ0) is 12.8. The molecule has 0 radical (unpaired) electrons. The minimum atomic E-state index is 0.978. The summed E-state index contributed by atoms with van der Waals surface area (Å²) in [6.45, 7) is 0. The van der Waals surface area contributed by atoms with Crippen LogP contribution in [0.25, 0.3) is 21.9 Å². The Labute approximate surface area is 112 Å². The van der Waals surface area contributed by atoms with Gasteiger partial charge >= 0.3 is 0 Å². The van der Waals surface area contributed by atoms with Crippen LogP contribution in [0.15, 0.2) is 54.6 Å². The van der Waals surface area contributed by atoms with Gasteiger partial charge in [0.05, 0.1) is 7.11 Å². The molecule has 0 saturated heterocycles. The van der Waals surface area contributed by atoms with Crippen LogP contribution >= 0.6 is 0 Å². The van der Waals surface area contributed by atoms with E-state index >= 15 is 0 Å². The molecule has 92 valence electrons. The van der Waals surface area contributed by atoms with Crippen molar-refractivity contribution in [2.24, 2.45) is 0 Å². The number of hydrogen-bond acceptors (Lipinski definition) is 1. The van der Waals surface area contributed by atoms with Crippen molar-refractivity contribution in [2.45, 2.75) is 6.42 Å². The maximum atomic E-state index is 5.53. The van der Waals surface area contributed by atoms with Crippen molar-refractivity contribution in [1.29, 1.82) is 0 Å². The van der Waals surface area contributed by atoms with Crippen LogP contribution in [0.3, 0.4) is 0 Å². The highest BCUT2D eigenvalue weighted by Gasteiger charge is 2.22. The van der Waals surface area contributed by atoms with E-state index in [0.29, 0.717) is 0 Å². The maximum absolute atomic E-state index is 5.53. The molecule has 0 bridgehead atoms. The number of methoxy groups -OCH3 is 1. The molecule has 3 aromatic rings. The van der Waals surface area contributed by atoms with E-state index < -0.39 is 0 Å². The lowest BCUT2D eigenvalue weighted by atomic mass is 10.0. The average Bonchev–Trinajstić information content (AvgIpc) is 2.82. The second kappa shape index (κ2) is 3.86. The summed E-state index contributed by atoms with van der Waals surface area (Å²) in [7, 11) is 1.74. The van der Waals surface area contributed by atoms with Gasteiger partial charge in [-0.15, -0.1) is 0 Å². The lowest BCUT2D eigenvalue weighted by Gasteiger charge is -2.08. The van der Waals surface area contributed by atoms with Crippen LogP contribution in [-0.2, 0) is 6.42 Å². The number of hydrogen-bond donors (Lipinski definition) is 0. The van der Waals surface area contributed by atoms with Crippen LogP contribution < -0.4 is 4.74 Å². The van der Waals surface area contributed by atoms with Crippen LogP contribution in [0.4, 0.5) is 0 Å². The largest absolute Gasteiger partial charge is 0.496 e. The van der Waals surface area contributed by atoms with Crippen molar-refractivity contribution in [1.82, 2.24) is 0 Å². The summed E-state index contributed by atoms with van der Waals surface area (Å²) in [5, 5.41) is 2.60. The molecule has 1 aliphatic rings. The molecule has 3 aromatic carbocycles. The number of fused-ring (bicyclic) bond motifs is 4. The second-order valence-electron chi connectivity index (χ2n) is 5.03. The fourth-order valence-corrected chi connectivity index (χ4v) is 3.07. The molecular weight excluding hydrogens is 232 g/mol. The van der Waals surface area contributed by atoms with Crippen molar-refractivity contribution in [3.63, 3.8) is 0 Å². The van der Waals surface area contributed by atoms with Gasteiger partial charge in [-0.25, -0.2) is 0 Å². The number of rotatable bonds is 1. The van der Waals surface area contributed by atoms with Crippen molar-refractivity contribution in [2.75, 3.05) is 7.11 Å². The molecule has 0 saturated carbocycles. The average molecular weight is 246 g/mol. The number of ether oxygens (including phenoxy) is 1. The molecule has 1 aliphatic carbocycles. The molecule has 1 heteroatoms. The predicted molar refractivity (Wildman–Crippen MR) is 78.7 cm³/mol. The Hall–Kier alpha value is -2.28. The first-order valence-corrected chi connectivity index (χ1v) is 6.55. The molecular formula is C18H14O. The Balaban J connectivity index is 2.05. The fraction of sp³-hybridized carbons (Fsp3) is 0.111. The lowest BCUT2D eigenvalue weighted by Crippen LogP contribution is -1.87. The maximum Gasteiger partial charge on any atom is 0.126 e. The van der Waals surface area contributed by atoms with Crippen LogP contribution in [0.5, 0.6) is 5.75 Å². The molecule has 0 N–H and O–H groups in total. The van der Waals surface area contributed by atoms with E-state index in [4.69, 9.17) is 4.74 Å². The van der Waals surface area contributed by atoms with Crippen molar-refractivity contribution >= 4 is 10.8 Å². The first-order chi connectivity index (χ1) is 9.36. The van der Waals surface area contributed by atoms with Gasteiger partial charge in [-0.05, 0) is 46.0 Å². The van der Waals surface area contributed by atoms with Crippen molar-refractivity contribution < 1.29 is 4.74 Å². The molecule has 0 aromatic heterocycles. The Morgan fingerprint density at radius 2 is 1.63 bits per heavy atom. The molecule has 0 aliphatic heterocycles.